The van der Waals surface area contributed by atoms with Gasteiger partial charge in [0.15, 0.2) is 0 Å². The quantitative estimate of drug-likeness (QED) is 0.892. The van der Waals surface area contributed by atoms with E-state index in [0.717, 1.165) is 0 Å². The molecule has 0 fully saturated rings. The Morgan fingerprint density at radius 2 is 1.85 bits per heavy atom. The highest BCUT2D eigenvalue weighted by Gasteiger charge is 2.16. The number of anilines is 1. The normalized spacial score (nSPS) is 11.1. The van der Waals surface area contributed by atoms with Gasteiger partial charge in [-0.15, -0.1) is 0 Å². The monoisotopic (exact) mass is 278 g/mol. The second-order valence-electron chi connectivity index (χ2n) is 5.84. The largest absolute Gasteiger partial charge is 0.444 e. The summed E-state index contributed by atoms with van der Waals surface area (Å²) in [6, 6.07) is 6.78. The van der Waals surface area contributed by atoms with E-state index in [9.17, 15) is 9.59 Å². The van der Waals surface area contributed by atoms with Crippen molar-refractivity contribution in [3.63, 3.8) is 0 Å². The molecule has 0 aliphatic heterocycles. The molecule has 1 aromatic rings. The molecule has 0 radical (unpaired) electrons. The van der Waals surface area contributed by atoms with Crippen molar-refractivity contribution in [3.05, 3.63) is 29.8 Å². The Morgan fingerprint density at radius 1 is 1.20 bits per heavy atom. The molecule has 0 unspecified atom stereocenters. The highest BCUT2D eigenvalue weighted by atomic mass is 16.6. The number of hydrogen-bond donors (Lipinski definition) is 2. The van der Waals surface area contributed by atoms with Gasteiger partial charge in [-0.2, -0.15) is 0 Å². The number of ether oxygens (including phenoxy) is 1. The van der Waals surface area contributed by atoms with Gasteiger partial charge >= 0.3 is 6.09 Å². The second-order valence-corrected chi connectivity index (χ2v) is 5.84. The SMILES string of the molecule is CC(C)NC(=O)c1cccc(NC(=O)OC(C)(C)C)c1. The highest BCUT2D eigenvalue weighted by Crippen LogP contribution is 2.13. The topological polar surface area (TPSA) is 67.4 Å². The van der Waals surface area contributed by atoms with E-state index >= 15 is 0 Å². The Morgan fingerprint density at radius 3 is 2.40 bits per heavy atom. The Hall–Kier alpha value is -2.04. The van der Waals surface area contributed by atoms with Gasteiger partial charge in [-0.05, 0) is 52.8 Å². The molecule has 20 heavy (non-hydrogen) atoms. The van der Waals surface area contributed by atoms with Crippen LogP contribution in [0.3, 0.4) is 0 Å². The summed E-state index contributed by atoms with van der Waals surface area (Å²) in [7, 11) is 0. The first-order chi connectivity index (χ1) is 9.17. The zero-order valence-electron chi connectivity index (χ0n) is 12.6. The van der Waals surface area contributed by atoms with Crippen LogP contribution in [0.1, 0.15) is 45.0 Å². The first kappa shape index (κ1) is 16.0. The maximum atomic E-state index is 11.9. The molecule has 2 N–H and O–H groups in total. The molecule has 0 aromatic heterocycles. The van der Waals surface area contributed by atoms with Crippen molar-refractivity contribution >= 4 is 17.7 Å². The lowest BCUT2D eigenvalue weighted by Crippen LogP contribution is -2.30. The van der Waals surface area contributed by atoms with E-state index in [1.807, 2.05) is 13.8 Å². The van der Waals surface area contributed by atoms with Crippen molar-refractivity contribution in [1.82, 2.24) is 5.32 Å². The van der Waals surface area contributed by atoms with Gasteiger partial charge < -0.3 is 10.1 Å². The lowest BCUT2D eigenvalue weighted by atomic mass is 10.2. The number of nitrogens with one attached hydrogen (secondary N) is 2. The van der Waals surface area contributed by atoms with Gasteiger partial charge in [-0.1, -0.05) is 6.07 Å². The Labute approximate surface area is 119 Å². The van der Waals surface area contributed by atoms with E-state index in [1.165, 1.54) is 0 Å². The summed E-state index contributed by atoms with van der Waals surface area (Å²) in [6.45, 7) is 9.15. The number of amides is 2. The van der Waals surface area contributed by atoms with Crippen LogP contribution in [-0.2, 0) is 4.74 Å². The van der Waals surface area contributed by atoms with Crippen LogP contribution in [0.25, 0.3) is 0 Å². The van der Waals surface area contributed by atoms with E-state index in [-0.39, 0.29) is 11.9 Å². The zero-order chi connectivity index (χ0) is 15.3. The molecule has 5 nitrogen and oxygen atoms in total. The fraction of sp³-hybridized carbons (Fsp3) is 0.467. The van der Waals surface area contributed by atoms with Crippen LogP contribution in [0.15, 0.2) is 24.3 Å². The van der Waals surface area contributed by atoms with E-state index in [2.05, 4.69) is 10.6 Å². The van der Waals surface area contributed by atoms with Crippen molar-refractivity contribution in [2.75, 3.05) is 5.32 Å². The fourth-order valence-corrected chi connectivity index (χ4v) is 1.51. The van der Waals surface area contributed by atoms with Crippen molar-refractivity contribution in [3.8, 4) is 0 Å². The molecule has 110 valence electrons. The minimum atomic E-state index is -0.559. The van der Waals surface area contributed by atoms with E-state index in [1.54, 1.807) is 45.0 Å². The number of carbonyl (C=O) groups is 2. The van der Waals surface area contributed by atoms with Crippen molar-refractivity contribution in [2.24, 2.45) is 0 Å². The maximum Gasteiger partial charge on any atom is 0.412 e. The van der Waals surface area contributed by atoms with Gasteiger partial charge in [-0.25, -0.2) is 4.79 Å². The van der Waals surface area contributed by atoms with Crippen LogP contribution < -0.4 is 10.6 Å². The van der Waals surface area contributed by atoms with Crippen molar-refractivity contribution in [1.29, 1.82) is 0 Å². The minimum Gasteiger partial charge on any atom is -0.444 e. The van der Waals surface area contributed by atoms with Crippen LogP contribution in [0.4, 0.5) is 10.5 Å². The van der Waals surface area contributed by atoms with Gasteiger partial charge in [0.05, 0.1) is 0 Å². The number of benzene rings is 1. The van der Waals surface area contributed by atoms with Crippen molar-refractivity contribution in [2.45, 2.75) is 46.3 Å². The minimum absolute atomic E-state index is 0.0602. The summed E-state index contributed by atoms with van der Waals surface area (Å²) in [5.74, 6) is -0.173. The molecule has 1 aromatic carbocycles. The average molecular weight is 278 g/mol. The van der Waals surface area contributed by atoms with Gasteiger partial charge in [-0.3, -0.25) is 10.1 Å². The van der Waals surface area contributed by atoms with E-state index in [4.69, 9.17) is 4.74 Å². The summed E-state index contributed by atoms with van der Waals surface area (Å²) in [5.41, 5.74) is 0.458. The van der Waals surface area contributed by atoms with E-state index < -0.39 is 11.7 Å². The molecule has 0 atom stereocenters. The number of hydrogen-bond acceptors (Lipinski definition) is 3. The molecule has 0 spiro atoms. The van der Waals surface area contributed by atoms with Crippen LogP contribution in [-0.4, -0.2) is 23.6 Å². The fourth-order valence-electron chi connectivity index (χ4n) is 1.51. The van der Waals surface area contributed by atoms with Crippen LogP contribution in [0, 0.1) is 0 Å². The summed E-state index contributed by atoms with van der Waals surface area (Å²) in [6.07, 6.45) is -0.543. The van der Waals surface area contributed by atoms with Crippen LogP contribution >= 0.6 is 0 Å². The molecule has 0 saturated heterocycles. The predicted molar refractivity (Wildman–Crippen MR) is 78.9 cm³/mol. The van der Waals surface area contributed by atoms with Crippen molar-refractivity contribution < 1.29 is 14.3 Å². The Bertz CT molecular complexity index is 490. The van der Waals surface area contributed by atoms with Gasteiger partial charge in [0, 0.05) is 17.3 Å². The van der Waals surface area contributed by atoms with E-state index in [0.29, 0.717) is 11.3 Å². The standard InChI is InChI=1S/C15H22N2O3/c1-10(2)16-13(18)11-7-6-8-12(9-11)17-14(19)20-15(3,4)5/h6-10H,1-5H3,(H,16,18)(H,17,19). The first-order valence-corrected chi connectivity index (χ1v) is 6.58. The smallest absolute Gasteiger partial charge is 0.412 e. The number of rotatable bonds is 3. The summed E-state index contributed by atoms with van der Waals surface area (Å²) in [4.78, 5) is 23.5. The van der Waals surface area contributed by atoms with Gasteiger partial charge in [0.1, 0.15) is 5.60 Å². The number of carbonyl (C=O) groups excluding carboxylic acids is 2. The van der Waals surface area contributed by atoms with Gasteiger partial charge in [0.2, 0.25) is 0 Å². The molecular formula is C15H22N2O3. The molecule has 0 aliphatic carbocycles. The lowest BCUT2D eigenvalue weighted by molar-refractivity contribution is 0.0635. The van der Waals surface area contributed by atoms with Crippen LogP contribution in [0.5, 0.6) is 0 Å². The summed E-state index contributed by atoms with van der Waals surface area (Å²) >= 11 is 0. The molecule has 5 heteroatoms. The average Bonchev–Trinajstić information content (AvgIpc) is 2.25. The third kappa shape index (κ3) is 5.73. The molecule has 0 saturated carbocycles. The second kappa shape index (κ2) is 6.41. The first-order valence-electron chi connectivity index (χ1n) is 6.58. The van der Waals surface area contributed by atoms with Crippen LogP contribution in [0.2, 0.25) is 0 Å². The summed E-state index contributed by atoms with van der Waals surface area (Å²) in [5, 5.41) is 5.40. The molecule has 2 amide bonds. The molecule has 0 bridgehead atoms. The predicted octanol–water partition coefficient (Wildman–Crippen LogP) is 3.17. The molecule has 0 heterocycles. The molecule has 0 aliphatic rings. The third-order valence-electron chi connectivity index (χ3n) is 2.19. The molecule has 1 rings (SSSR count). The highest BCUT2D eigenvalue weighted by molar-refractivity contribution is 5.96. The third-order valence-corrected chi connectivity index (χ3v) is 2.19. The zero-order valence-corrected chi connectivity index (χ0v) is 12.6. The molecular weight excluding hydrogens is 256 g/mol. The lowest BCUT2D eigenvalue weighted by Gasteiger charge is -2.19. The Balaban J connectivity index is 2.73. The maximum absolute atomic E-state index is 11.9. The Kier molecular flexibility index (Phi) is 5.13. The van der Waals surface area contributed by atoms with Gasteiger partial charge in [0.25, 0.3) is 5.91 Å². The summed E-state index contributed by atoms with van der Waals surface area (Å²) < 4.78 is 5.16.